The van der Waals surface area contributed by atoms with Gasteiger partial charge in [-0.1, -0.05) is 12.1 Å². The third-order valence-corrected chi connectivity index (χ3v) is 2.81. The van der Waals surface area contributed by atoms with Crippen molar-refractivity contribution in [3.63, 3.8) is 0 Å². The first-order chi connectivity index (χ1) is 9.19. The van der Waals surface area contributed by atoms with Crippen LogP contribution in [-0.4, -0.2) is 34.8 Å². The molecular formula is C13H16BNO5. The molecule has 0 saturated carbocycles. The van der Waals surface area contributed by atoms with E-state index in [9.17, 15) is 9.59 Å². The van der Waals surface area contributed by atoms with E-state index < -0.39 is 18.8 Å². The lowest BCUT2D eigenvalue weighted by atomic mass is 9.79. The maximum absolute atomic E-state index is 12.0. The van der Waals surface area contributed by atoms with E-state index in [2.05, 4.69) is 0 Å². The molecule has 0 atom stereocenters. The number of fused-ring (bicyclic) bond motifs is 1. The Bertz CT molecular complexity index is 564. The number of hydrogen-bond acceptors (Lipinski definition) is 5. The highest BCUT2D eigenvalue weighted by Crippen LogP contribution is 2.29. The van der Waals surface area contributed by atoms with Crippen LogP contribution in [0, 0.1) is 0 Å². The second-order valence-corrected chi connectivity index (χ2v) is 5.65. The molecule has 7 heteroatoms. The molecule has 0 aromatic heterocycles. The normalized spacial score (nSPS) is 14.2. The van der Waals surface area contributed by atoms with Crippen molar-refractivity contribution >= 4 is 30.3 Å². The molecule has 0 spiro atoms. The molecule has 2 N–H and O–H groups in total. The minimum Gasteiger partial charge on any atom is -0.443 e. The molecule has 106 valence electrons. The third-order valence-electron chi connectivity index (χ3n) is 2.81. The number of hydrogen-bond donors (Lipinski definition) is 2. The van der Waals surface area contributed by atoms with Crippen LogP contribution in [0.3, 0.4) is 0 Å². The lowest BCUT2D eigenvalue weighted by Crippen LogP contribution is -2.38. The number of rotatable bonds is 1. The van der Waals surface area contributed by atoms with E-state index in [4.69, 9.17) is 14.8 Å². The van der Waals surface area contributed by atoms with E-state index in [1.165, 1.54) is 18.2 Å². The second-order valence-electron chi connectivity index (χ2n) is 5.65. The van der Waals surface area contributed by atoms with E-state index in [-0.39, 0.29) is 17.8 Å². The fraction of sp³-hybridized carbons (Fsp3) is 0.385. The molecule has 0 unspecified atom stereocenters. The number of carbonyl (C=O) groups excluding carboxylic acids is 2. The molecule has 1 aliphatic heterocycles. The molecule has 1 heterocycles. The maximum atomic E-state index is 12.0. The van der Waals surface area contributed by atoms with Crippen LogP contribution in [0.4, 0.5) is 10.5 Å². The summed E-state index contributed by atoms with van der Waals surface area (Å²) in [6.45, 7) is 5.16. The zero-order chi connectivity index (χ0) is 15.1. The first kappa shape index (κ1) is 14.6. The Kier molecular flexibility index (Phi) is 3.58. The van der Waals surface area contributed by atoms with E-state index >= 15 is 0 Å². The fourth-order valence-corrected chi connectivity index (χ4v) is 2.01. The maximum Gasteiger partial charge on any atom is 0.488 e. The van der Waals surface area contributed by atoms with Gasteiger partial charge in [0, 0.05) is 0 Å². The summed E-state index contributed by atoms with van der Waals surface area (Å²) in [5, 5.41) is 18.2. The van der Waals surface area contributed by atoms with Gasteiger partial charge in [-0.25, -0.2) is 9.69 Å². The van der Waals surface area contributed by atoms with Gasteiger partial charge in [0.15, 0.2) is 0 Å². The average Bonchev–Trinajstić information content (AvgIpc) is 2.61. The van der Waals surface area contributed by atoms with Gasteiger partial charge in [-0.15, -0.1) is 0 Å². The molecule has 1 aromatic carbocycles. The lowest BCUT2D eigenvalue weighted by Gasteiger charge is -2.23. The number of nitrogens with zero attached hydrogens (tertiary/aromatic N) is 1. The van der Waals surface area contributed by atoms with Gasteiger partial charge in [0.05, 0.1) is 12.1 Å². The van der Waals surface area contributed by atoms with E-state index in [1.54, 1.807) is 20.8 Å². The van der Waals surface area contributed by atoms with Crippen LogP contribution < -0.4 is 10.4 Å². The van der Waals surface area contributed by atoms with Crippen LogP contribution in [0.2, 0.25) is 0 Å². The van der Waals surface area contributed by atoms with Gasteiger partial charge in [0.2, 0.25) is 5.91 Å². The van der Waals surface area contributed by atoms with Gasteiger partial charge < -0.3 is 14.8 Å². The minimum absolute atomic E-state index is 0.0368. The molecular weight excluding hydrogens is 261 g/mol. The average molecular weight is 277 g/mol. The molecule has 0 aliphatic carbocycles. The van der Waals surface area contributed by atoms with Gasteiger partial charge in [0.1, 0.15) is 5.60 Å². The van der Waals surface area contributed by atoms with Gasteiger partial charge in [-0.05, 0) is 37.9 Å². The van der Waals surface area contributed by atoms with E-state index in [1.807, 2.05) is 0 Å². The Morgan fingerprint density at radius 2 is 2.00 bits per heavy atom. The van der Waals surface area contributed by atoms with Crippen LogP contribution in [0.15, 0.2) is 18.2 Å². The number of anilines is 1. The van der Waals surface area contributed by atoms with Crippen molar-refractivity contribution in [3.8, 4) is 0 Å². The van der Waals surface area contributed by atoms with Crippen molar-refractivity contribution in [3.05, 3.63) is 23.8 Å². The van der Waals surface area contributed by atoms with E-state index in [0.717, 1.165) is 4.90 Å². The number of carbonyl (C=O) groups is 2. The quantitative estimate of drug-likeness (QED) is 0.715. The van der Waals surface area contributed by atoms with Crippen LogP contribution in [-0.2, 0) is 16.0 Å². The first-order valence-corrected chi connectivity index (χ1v) is 6.24. The highest BCUT2D eigenvalue weighted by Gasteiger charge is 2.35. The fourth-order valence-electron chi connectivity index (χ4n) is 2.01. The predicted molar refractivity (Wildman–Crippen MR) is 73.7 cm³/mol. The summed E-state index contributed by atoms with van der Waals surface area (Å²) in [7, 11) is -1.61. The van der Waals surface area contributed by atoms with E-state index in [0.29, 0.717) is 11.3 Å². The van der Waals surface area contributed by atoms with Gasteiger partial charge in [-0.3, -0.25) is 4.79 Å². The molecule has 20 heavy (non-hydrogen) atoms. The summed E-state index contributed by atoms with van der Waals surface area (Å²) >= 11 is 0. The van der Waals surface area contributed by atoms with Crippen LogP contribution in [0.25, 0.3) is 0 Å². The highest BCUT2D eigenvalue weighted by molar-refractivity contribution is 6.58. The van der Waals surface area contributed by atoms with Gasteiger partial charge >= 0.3 is 13.2 Å². The van der Waals surface area contributed by atoms with Crippen LogP contribution in [0.1, 0.15) is 26.3 Å². The smallest absolute Gasteiger partial charge is 0.443 e. The zero-order valence-electron chi connectivity index (χ0n) is 11.6. The lowest BCUT2D eigenvalue weighted by molar-refractivity contribution is -0.117. The first-order valence-electron chi connectivity index (χ1n) is 6.24. The summed E-state index contributed by atoms with van der Waals surface area (Å²) in [5.41, 5.74) is 0.587. The van der Waals surface area contributed by atoms with Crippen molar-refractivity contribution in [1.29, 1.82) is 0 Å². The SMILES string of the molecule is CC(C)(C)OC(=O)N1C(=O)Cc2cc(B(O)O)ccc21. The molecule has 0 saturated heterocycles. The predicted octanol–water partition coefficient (Wildman–Crippen LogP) is 0.191. The molecule has 6 nitrogen and oxygen atoms in total. The Balaban J connectivity index is 2.31. The number of ether oxygens (including phenoxy) is 1. The summed E-state index contributed by atoms with van der Waals surface area (Å²) in [5.74, 6) is -0.390. The van der Waals surface area contributed by atoms with Crippen molar-refractivity contribution in [2.75, 3.05) is 4.90 Å². The molecule has 0 bridgehead atoms. The standard InChI is InChI=1S/C13H16BNO5/c1-13(2,3)20-12(17)15-10-5-4-9(14(18)19)6-8(10)7-11(15)16/h4-6,18-19H,7H2,1-3H3. The number of amides is 2. The van der Waals surface area contributed by atoms with Crippen LogP contribution >= 0.6 is 0 Å². The van der Waals surface area contributed by atoms with Crippen molar-refractivity contribution in [1.82, 2.24) is 0 Å². The van der Waals surface area contributed by atoms with Crippen molar-refractivity contribution in [2.45, 2.75) is 32.8 Å². The molecule has 2 amide bonds. The topological polar surface area (TPSA) is 87.1 Å². The van der Waals surface area contributed by atoms with Crippen molar-refractivity contribution in [2.24, 2.45) is 0 Å². The molecule has 0 fully saturated rings. The summed E-state index contributed by atoms with van der Waals surface area (Å²) in [6, 6.07) is 4.47. The molecule has 1 aliphatic rings. The molecule has 2 rings (SSSR count). The highest BCUT2D eigenvalue weighted by atomic mass is 16.6. The minimum atomic E-state index is -1.61. The summed E-state index contributed by atoms with van der Waals surface area (Å²) in [6.07, 6.45) is -0.687. The third kappa shape index (κ3) is 2.83. The second kappa shape index (κ2) is 4.92. The monoisotopic (exact) mass is 277 g/mol. The van der Waals surface area contributed by atoms with Crippen LogP contribution in [0.5, 0.6) is 0 Å². The molecule has 1 aromatic rings. The Labute approximate surface area is 117 Å². The number of imide groups is 1. The zero-order valence-corrected chi connectivity index (χ0v) is 11.6. The van der Waals surface area contributed by atoms with Gasteiger partial charge in [0.25, 0.3) is 0 Å². The Morgan fingerprint density at radius 3 is 2.55 bits per heavy atom. The Morgan fingerprint density at radius 1 is 1.35 bits per heavy atom. The summed E-state index contributed by atoms with van der Waals surface area (Å²) < 4.78 is 5.19. The Hall–Kier alpha value is -1.86. The summed E-state index contributed by atoms with van der Waals surface area (Å²) in [4.78, 5) is 25.0. The van der Waals surface area contributed by atoms with Crippen molar-refractivity contribution < 1.29 is 24.4 Å². The number of benzene rings is 1. The molecule has 0 radical (unpaired) electrons. The largest absolute Gasteiger partial charge is 0.488 e. The van der Waals surface area contributed by atoms with Gasteiger partial charge in [-0.2, -0.15) is 0 Å².